The van der Waals surface area contributed by atoms with Gasteiger partial charge in [0.25, 0.3) is 0 Å². The molecule has 0 spiro atoms. The number of carbonyl (C=O) groups excluding carboxylic acids is 1. The third-order valence-corrected chi connectivity index (χ3v) is 4.02. The molecule has 6 heteroatoms. The van der Waals surface area contributed by atoms with E-state index in [0.29, 0.717) is 6.42 Å². The first kappa shape index (κ1) is 16.1. The number of nitrogens with one attached hydrogen (secondary N) is 3. The average Bonchev–Trinajstić information content (AvgIpc) is 3.12. The van der Waals surface area contributed by atoms with Crippen LogP contribution in [0.5, 0.6) is 0 Å². The fourth-order valence-electron chi connectivity index (χ4n) is 2.87. The zero-order valence-electron chi connectivity index (χ0n) is 14.3. The van der Waals surface area contributed by atoms with Crippen molar-refractivity contribution < 1.29 is 4.79 Å². The summed E-state index contributed by atoms with van der Waals surface area (Å²) in [6.45, 7) is 6.93. The molecule has 0 radical (unpaired) electrons. The smallest absolute Gasteiger partial charge is 0.319 e. The van der Waals surface area contributed by atoms with Crippen LogP contribution < -0.4 is 10.6 Å². The van der Waals surface area contributed by atoms with E-state index in [-0.39, 0.29) is 12.1 Å². The fourth-order valence-corrected chi connectivity index (χ4v) is 2.87. The predicted octanol–water partition coefficient (Wildman–Crippen LogP) is 3.45. The Labute approximate surface area is 141 Å². The highest BCUT2D eigenvalue weighted by Crippen LogP contribution is 2.20. The summed E-state index contributed by atoms with van der Waals surface area (Å²) in [4.78, 5) is 12.2. The molecule has 0 bridgehead atoms. The summed E-state index contributed by atoms with van der Waals surface area (Å²) in [7, 11) is 0. The molecular formula is C18H23N5O. The topological polar surface area (TPSA) is 74.7 Å². The van der Waals surface area contributed by atoms with E-state index < -0.39 is 0 Å². The molecule has 2 aromatic heterocycles. The first-order valence-electron chi connectivity index (χ1n) is 8.22. The molecule has 3 N–H and O–H groups in total. The van der Waals surface area contributed by atoms with Crippen molar-refractivity contribution in [3.63, 3.8) is 0 Å². The lowest BCUT2D eigenvalue weighted by Crippen LogP contribution is -2.37. The second-order valence-corrected chi connectivity index (χ2v) is 6.12. The number of H-pyrrole nitrogens is 1. The summed E-state index contributed by atoms with van der Waals surface area (Å²) in [6.07, 6.45) is 2.75. The molecule has 126 valence electrons. The number of nitrogens with zero attached hydrogens (tertiary/aromatic N) is 2. The van der Waals surface area contributed by atoms with Gasteiger partial charge in [-0.15, -0.1) is 0 Å². The monoisotopic (exact) mass is 325 g/mol. The third-order valence-electron chi connectivity index (χ3n) is 4.02. The average molecular weight is 325 g/mol. The molecule has 0 saturated carbocycles. The number of amides is 2. The Balaban J connectivity index is 1.61. The number of carbonyl (C=O) groups is 1. The molecule has 0 saturated heterocycles. The van der Waals surface area contributed by atoms with Crippen LogP contribution in [0.2, 0.25) is 0 Å². The number of benzene rings is 1. The Morgan fingerprint density at radius 2 is 2.17 bits per heavy atom. The molecule has 2 heterocycles. The Morgan fingerprint density at radius 1 is 1.33 bits per heavy atom. The first-order valence-corrected chi connectivity index (χ1v) is 8.22. The molecule has 0 aliphatic carbocycles. The van der Waals surface area contributed by atoms with Gasteiger partial charge in [0.1, 0.15) is 0 Å². The van der Waals surface area contributed by atoms with E-state index in [2.05, 4.69) is 44.6 Å². The molecule has 0 aliphatic rings. The number of urea groups is 1. The van der Waals surface area contributed by atoms with E-state index in [1.165, 1.54) is 5.39 Å². The summed E-state index contributed by atoms with van der Waals surface area (Å²) in [5.41, 5.74) is 3.88. The Bertz CT molecular complexity index is 848. The number of rotatable bonds is 5. The number of aromatic amines is 1. The largest absolute Gasteiger partial charge is 0.348 e. The Hall–Kier alpha value is -2.76. The lowest BCUT2D eigenvalue weighted by atomic mass is 10.2. The third kappa shape index (κ3) is 3.59. The SMILES string of the molecule is CCn1ccc2ccc(NC(=O)N[C@H](C)Cc3cc(C)[nH]n3)cc21. The van der Waals surface area contributed by atoms with Gasteiger partial charge in [-0.1, -0.05) is 6.07 Å². The molecular weight excluding hydrogens is 302 g/mol. The van der Waals surface area contributed by atoms with Gasteiger partial charge in [-0.05, 0) is 50.4 Å². The van der Waals surface area contributed by atoms with Crippen LogP contribution in [-0.2, 0) is 13.0 Å². The molecule has 1 atom stereocenters. The van der Waals surface area contributed by atoms with Crippen LogP contribution in [-0.4, -0.2) is 26.8 Å². The van der Waals surface area contributed by atoms with Crippen LogP contribution in [0, 0.1) is 6.92 Å². The number of aromatic nitrogens is 3. The van der Waals surface area contributed by atoms with Gasteiger partial charge in [-0.25, -0.2) is 4.79 Å². The minimum absolute atomic E-state index is 0.00376. The van der Waals surface area contributed by atoms with Crippen molar-refractivity contribution in [1.29, 1.82) is 0 Å². The zero-order valence-corrected chi connectivity index (χ0v) is 14.3. The van der Waals surface area contributed by atoms with Gasteiger partial charge in [0.2, 0.25) is 0 Å². The molecule has 6 nitrogen and oxygen atoms in total. The van der Waals surface area contributed by atoms with Crippen LogP contribution in [0.4, 0.5) is 10.5 Å². The van der Waals surface area contributed by atoms with Gasteiger partial charge in [0, 0.05) is 36.6 Å². The minimum atomic E-state index is -0.205. The number of fused-ring (bicyclic) bond motifs is 1. The van der Waals surface area contributed by atoms with Crippen molar-refractivity contribution in [2.75, 3.05) is 5.32 Å². The summed E-state index contributed by atoms with van der Waals surface area (Å²) >= 11 is 0. The van der Waals surface area contributed by atoms with Gasteiger partial charge >= 0.3 is 6.03 Å². The predicted molar refractivity (Wildman–Crippen MR) is 96.3 cm³/mol. The van der Waals surface area contributed by atoms with Gasteiger partial charge < -0.3 is 15.2 Å². The number of aryl methyl sites for hydroxylation is 2. The quantitative estimate of drug-likeness (QED) is 0.672. The molecule has 0 unspecified atom stereocenters. The van der Waals surface area contributed by atoms with Crippen molar-refractivity contribution in [2.24, 2.45) is 0 Å². The summed E-state index contributed by atoms with van der Waals surface area (Å²) < 4.78 is 2.15. The summed E-state index contributed by atoms with van der Waals surface area (Å²) in [5, 5.41) is 14.1. The highest BCUT2D eigenvalue weighted by molar-refractivity contribution is 5.92. The summed E-state index contributed by atoms with van der Waals surface area (Å²) in [5.74, 6) is 0. The van der Waals surface area contributed by atoms with Crippen molar-refractivity contribution in [2.45, 2.75) is 39.8 Å². The maximum Gasteiger partial charge on any atom is 0.319 e. The van der Waals surface area contributed by atoms with Crippen molar-refractivity contribution >= 4 is 22.6 Å². The second-order valence-electron chi connectivity index (χ2n) is 6.12. The Kier molecular flexibility index (Phi) is 4.55. The first-order chi connectivity index (χ1) is 11.5. The van der Waals surface area contributed by atoms with Gasteiger partial charge in [0.05, 0.1) is 11.2 Å². The highest BCUT2D eigenvalue weighted by Gasteiger charge is 2.10. The number of hydrogen-bond donors (Lipinski definition) is 3. The number of hydrogen-bond acceptors (Lipinski definition) is 2. The molecule has 3 aromatic rings. The van der Waals surface area contributed by atoms with E-state index in [0.717, 1.165) is 29.1 Å². The molecule has 3 rings (SSSR count). The highest BCUT2D eigenvalue weighted by atomic mass is 16.2. The van der Waals surface area contributed by atoms with Crippen molar-refractivity contribution in [3.05, 3.63) is 47.9 Å². The minimum Gasteiger partial charge on any atom is -0.348 e. The van der Waals surface area contributed by atoms with Gasteiger partial charge in [-0.2, -0.15) is 5.10 Å². The lowest BCUT2D eigenvalue weighted by Gasteiger charge is -2.14. The summed E-state index contributed by atoms with van der Waals surface area (Å²) in [6, 6.07) is 9.80. The van der Waals surface area contributed by atoms with E-state index in [4.69, 9.17) is 0 Å². The molecule has 0 fully saturated rings. The lowest BCUT2D eigenvalue weighted by molar-refractivity contribution is 0.249. The van der Waals surface area contributed by atoms with Crippen LogP contribution in [0.25, 0.3) is 10.9 Å². The van der Waals surface area contributed by atoms with Crippen LogP contribution in [0.3, 0.4) is 0 Å². The fraction of sp³-hybridized carbons (Fsp3) is 0.333. The molecule has 1 aromatic carbocycles. The second kappa shape index (κ2) is 6.78. The molecule has 24 heavy (non-hydrogen) atoms. The zero-order chi connectivity index (χ0) is 17.1. The van der Waals surface area contributed by atoms with Gasteiger partial charge in [-0.3, -0.25) is 5.10 Å². The number of anilines is 1. The van der Waals surface area contributed by atoms with E-state index >= 15 is 0 Å². The molecule has 2 amide bonds. The van der Waals surface area contributed by atoms with E-state index in [1.54, 1.807) is 0 Å². The van der Waals surface area contributed by atoms with Crippen LogP contribution in [0.1, 0.15) is 25.2 Å². The standard InChI is InChI=1S/C18H23N5O/c1-4-23-8-7-14-5-6-15(11-17(14)23)20-18(24)19-12(2)9-16-10-13(3)21-22-16/h5-8,10-12H,4,9H2,1-3H3,(H,21,22)(H2,19,20,24)/t12-/m1/s1. The van der Waals surface area contributed by atoms with Gasteiger partial charge in [0.15, 0.2) is 0 Å². The van der Waals surface area contributed by atoms with Crippen molar-refractivity contribution in [1.82, 2.24) is 20.1 Å². The van der Waals surface area contributed by atoms with E-state index in [1.807, 2.05) is 38.1 Å². The maximum atomic E-state index is 12.2. The normalized spacial score (nSPS) is 12.3. The van der Waals surface area contributed by atoms with Crippen molar-refractivity contribution in [3.8, 4) is 0 Å². The molecule has 0 aliphatic heterocycles. The maximum absolute atomic E-state index is 12.2. The van der Waals surface area contributed by atoms with E-state index in [9.17, 15) is 4.79 Å². The van der Waals surface area contributed by atoms with Crippen LogP contribution in [0.15, 0.2) is 36.5 Å². The Morgan fingerprint density at radius 3 is 2.88 bits per heavy atom. The van der Waals surface area contributed by atoms with Crippen LogP contribution >= 0.6 is 0 Å².